The Labute approximate surface area is 237 Å². The second-order valence-corrected chi connectivity index (χ2v) is 11.5. The van der Waals surface area contributed by atoms with E-state index in [0.29, 0.717) is 41.6 Å². The van der Waals surface area contributed by atoms with Crippen LogP contribution in [0.2, 0.25) is 0 Å². The molecule has 5 nitrogen and oxygen atoms in total. The third-order valence-corrected chi connectivity index (χ3v) is 7.34. The molecule has 2 heterocycles. The summed E-state index contributed by atoms with van der Waals surface area (Å²) in [4.78, 5) is 32.8. The quantitative estimate of drug-likeness (QED) is 0.256. The van der Waals surface area contributed by atoms with Gasteiger partial charge in [0.25, 0.3) is 0 Å². The highest BCUT2D eigenvalue weighted by molar-refractivity contribution is 5.99. The predicted octanol–water partition coefficient (Wildman–Crippen LogP) is 7.60. The van der Waals surface area contributed by atoms with Crippen LogP contribution in [0.25, 0.3) is 22.0 Å². The molecule has 5 rings (SSSR count). The van der Waals surface area contributed by atoms with Crippen LogP contribution in [0, 0.1) is 0 Å². The molecule has 3 aromatic carbocycles. The van der Waals surface area contributed by atoms with Gasteiger partial charge in [0.2, 0.25) is 0 Å². The van der Waals surface area contributed by atoms with Gasteiger partial charge < -0.3 is 10.2 Å². The number of fused-ring (bicyclic) bond motifs is 2. The number of hydrogen-bond acceptors (Lipinski definition) is 3. The fraction of sp³-hybridized carbons (Fsp3) is 0.303. The molecule has 212 valence electrons. The Morgan fingerprint density at radius 2 is 1.73 bits per heavy atom. The Morgan fingerprint density at radius 3 is 2.49 bits per heavy atom. The van der Waals surface area contributed by atoms with Crippen LogP contribution in [0.5, 0.6) is 0 Å². The van der Waals surface area contributed by atoms with Gasteiger partial charge in [-0.15, -0.1) is 0 Å². The Balaban J connectivity index is 1.50. The number of Topliss-reactive ketones (excluding diaryl/α,β-unsaturated/α-hetero) is 1. The smallest absolute Gasteiger partial charge is 0.333 e. The van der Waals surface area contributed by atoms with E-state index in [0.717, 1.165) is 34.2 Å². The van der Waals surface area contributed by atoms with E-state index < -0.39 is 17.3 Å². The van der Waals surface area contributed by atoms with Gasteiger partial charge in [0.1, 0.15) is 0 Å². The number of alkyl halides is 3. The van der Waals surface area contributed by atoms with E-state index in [1.165, 1.54) is 6.07 Å². The topological polar surface area (TPSA) is 62.3 Å². The van der Waals surface area contributed by atoms with Gasteiger partial charge in [-0.05, 0) is 85.7 Å². The van der Waals surface area contributed by atoms with Crippen molar-refractivity contribution in [2.75, 3.05) is 6.54 Å². The van der Waals surface area contributed by atoms with Crippen LogP contribution in [0.15, 0.2) is 72.9 Å². The lowest BCUT2D eigenvalue weighted by molar-refractivity contribution is -0.137. The third kappa shape index (κ3) is 6.26. The first-order valence-corrected chi connectivity index (χ1v) is 13.7. The molecule has 0 atom stereocenters. The molecule has 8 heteroatoms. The van der Waals surface area contributed by atoms with Crippen molar-refractivity contribution in [3.05, 3.63) is 101 Å². The summed E-state index contributed by atoms with van der Waals surface area (Å²) >= 11 is 0. The summed E-state index contributed by atoms with van der Waals surface area (Å²) < 4.78 is 40.5. The lowest BCUT2D eigenvalue weighted by Crippen LogP contribution is -2.50. The lowest BCUT2D eigenvalue weighted by Gasteiger charge is -2.34. The van der Waals surface area contributed by atoms with E-state index in [2.05, 4.69) is 10.3 Å². The number of pyridine rings is 1. The Morgan fingerprint density at radius 1 is 0.951 bits per heavy atom. The second-order valence-electron chi connectivity index (χ2n) is 11.5. The summed E-state index contributed by atoms with van der Waals surface area (Å²) in [5.74, 6) is -0.0733. The van der Waals surface area contributed by atoms with Crippen LogP contribution in [-0.2, 0) is 25.6 Å². The molecule has 0 bridgehead atoms. The minimum Gasteiger partial charge on any atom is -0.333 e. The number of benzene rings is 3. The number of carbonyl (C=O) groups is 2. The minimum absolute atomic E-state index is 0.0733. The minimum atomic E-state index is -4.47. The zero-order chi connectivity index (χ0) is 29.4. The van der Waals surface area contributed by atoms with Crippen molar-refractivity contribution >= 4 is 22.7 Å². The molecule has 1 N–H and O–H groups in total. The van der Waals surface area contributed by atoms with Gasteiger partial charge in [0, 0.05) is 42.2 Å². The van der Waals surface area contributed by atoms with Crippen molar-refractivity contribution in [3.63, 3.8) is 0 Å². The molecule has 0 radical (unpaired) electrons. The first kappa shape index (κ1) is 28.3. The largest absolute Gasteiger partial charge is 0.416 e. The van der Waals surface area contributed by atoms with Crippen molar-refractivity contribution in [3.8, 4) is 11.1 Å². The lowest BCUT2D eigenvalue weighted by atomic mass is 9.85. The molecule has 0 unspecified atom stereocenters. The summed E-state index contributed by atoms with van der Waals surface area (Å²) in [7, 11) is 0. The zero-order valence-corrected chi connectivity index (χ0v) is 23.3. The molecule has 0 saturated heterocycles. The highest BCUT2D eigenvalue weighted by Gasteiger charge is 2.32. The number of nitrogens with zero attached hydrogens (tertiary/aromatic N) is 2. The van der Waals surface area contributed by atoms with Crippen molar-refractivity contribution in [1.82, 2.24) is 15.2 Å². The highest BCUT2D eigenvalue weighted by Crippen LogP contribution is 2.37. The number of urea groups is 1. The molecular formula is C33H32F3N3O2. The van der Waals surface area contributed by atoms with Gasteiger partial charge in [-0.3, -0.25) is 9.78 Å². The summed E-state index contributed by atoms with van der Waals surface area (Å²) in [6.07, 6.45) is -1.54. The SMILES string of the molecule is CC(C)(C)NC(=O)N1CCc2c(-c3cccc(C(F)(F)F)c3)ccc(C(=O)CCc3ccnc4ccccc34)c2C1. The van der Waals surface area contributed by atoms with Crippen LogP contribution >= 0.6 is 0 Å². The average molecular weight is 560 g/mol. The van der Waals surface area contributed by atoms with Crippen LogP contribution in [0.3, 0.4) is 0 Å². The molecule has 1 aromatic heterocycles. The van der Waals surface area contributed by atoms with E-state index in [9.17, 15) is 22.8 Å². The van der Waals surface area contributed by atoms with E-state index in [4.69, 9.17) is 0 Å². The molecule has 0 saturated carbocycles. The van der Waals surface area contributed by atoms with Gasteiger partial charge in [-0.1, -0.05) is 42.5 Å². The fourth-order valence-corrected chi connectivity index (χ4v) is 5.40. The molecule has 0 fully saturated rings. The van der Waals surface area contributed by atoms with Crippen LogP contribution < -0.4 is 5.32 Å². The first-order valence-electron chi connectivity index (χ1n) is 13.7. The number of aryl methyl sites for hydroxylation is 1. The maximum absolute atomic E-state index is 13.7. The molecule has 4 aromatic rings. The molecular weight excluding hydrogens is 527 g/mol. The zero-order valence-electron chi connectivity index (χ0n) is 23.3. The monoisotopic (exact) mass is 559 g/mol. The number of ketones is 1. The van der Waals surface area contributed by atoms with Gasteiger partial charge in [-0.2, -0.15) is 13.2 Å². The Bertz CT molecular complexity index is 1620. The summed E-state index contributed by atoms with van der Waals surface area (Å²) in [6, 6.07) is 18.1. The molecule has 0 spiro atoms. The standard InChI is InChI=1S/C33H32F3N3O2/c1-32(2,3)38-31(41)39-18-16-26-24(22-7-6-8-23(19-22)33(34,35)36)12-13-27(28(26)20-39)30(40)14-11-21-15-17-37-29-10-5-4-9-25(21)29/h4-10,12-13,15,17,19H,11,14,16,18,20H2,1-3H3,(H,38,41). The second kappa shape index (κ2) is 11.0. The number of rotatable bonds is 5. The first-order chi connectivity index (χ1) is 19.4. The number of amides is 2. The van der Waals surface area contributed by atoms with Gasteiger partial charge in [0.15, 0.2) is 5.78 Å². The van der Waals surface area contributed by atoms with Crippen molar-refractivity contribution in [2.45, 2.75) is 58.3 Å². The van der Waals surface area contributed by atoms with Gasteiger partial charge in [0.05, 0.1) is 11.1 Å². The Hall–Kier alpha value is -4.20. The predicted molar refractivity (Wildman–Crippen MR) is 154 cm³/mol. The fourth-order valence-electron chi connectivity index (χ4n) is 5.40. The number of aromatic nitrogens is 1. The van der Waals surface area contributed by atoms with Crippen LogP contribution in [-0.4, -0.2) is 33.8 Å². The maximum Gasteiger partial charge on any atom is 0.416 e. The number of para-hydroxylation sites is 1. The molecule has 41 heavy (non-hydrogen) atoms. The number of carbonyl (C=O) groups excluding carboxylic acids is 2. The van der Waals surface area contributed by atoms with Crippen LogP contribution in [0.4, 0.5) is 18.0 Å². The van der Waals surface area contributed by atoms with E-state index in [1.54, 1.807) is 29.3 Å². The van der Waals surface area contributed by atoms with Crippen molar-refractivity contribution in [2.24, 2.45) is 0 Å². The van der Waals surface area contributed by atoms with Gasteiger partial charge in [-0.25, -0.2) is 4.79 Å². The van der Waals surface area contributed by atoms with E-state index in [1.807, 2.05) is 51.1 Å². The highest BCUT2D eigenvalue weighted by atomic mass is 19.4. The summed E-state index contributed by atoms with van der Waals surface area (Å²) in [5, 5.41) is 3.97. The number of hydrogen-bond donors (Lipinski definition) is 1. The summed E-state index contributed by atoms with van der Waals surface area (Å²) in [5.41, 5.74) is 3.81. The molecule has 0 aliphatic carbocycles. The number of halogens is 3. The molecule has 1 aliphatic heterocycles. The third-order valence-electron chi connectivity index (χ3n) is 7.34. The van der Waals surface area contributed by atoms with E-state index in [-0.39, 0.29) is 24.8 Å². The van der Waals surface area contributed by atoms with Crippen molar-refractivity contribution in [1.29, 1.82) is 0 Å². The van der Waals surface area contributed by atoms with Crippen LogP contribution in [0.1, 0.15) is 59.8 Å². The summed E-state index contributed by atoms with van der Waals surface area (Å²) in [6.45, 7) is 6.27. The molecule has 1 aliphatic rings. The molecule has 2 amide bonds. The van der Waals surface area contributed by atoms with Crippen molar-refractivity contribution < 1.29 is 22.8 Å². The maximum atomic E-state index is 13.7. The average Bonchev–Trinajstić information content (AvgIpc) is 2.93. The van der Waals surface area contributed by atoms with Gasteiger partial charge >= 0.3 is 12.2 Å². The normalized spacial score (nSPS) is 13.7. The Kier molecular flexibility index (Phi) is 7.60. The number of nitrogens with one attached hydrogen (secondary N) is 1. The van der Waals surface area contributed by atoms with E-state index >= 15 is 0 Å².